The molecule has 0 atom stereocenters. The zero-order valence-corrected chi connectivity index (χ0v) is 37.4. The van der Waals surface area contributed by atoms with E-state index in [0.29, 0.717) is 38.5 Å². The first-order valence-electron chi connectivity index (χ1n) is 19.1. The molecule has 2 N–H and O–H groups in total. The van der Waals surface area contributed by atoms with Crippen molar-refractivity contribution in [2.75, 3.05) is 29.4 Å². The maximum atomic E-state index is 6.28. The van der Waals surface area contributed by atoms with E-state index in [4.69, 9.17) is 62.1 Å². The molecular formula is C45H51Cl4N5S2. The molecule has 0 unspecified atom stereocenters. The Morgan fingerprint density at radius 3 is 1.34 bits per heavy atom. The molecule has 2 heterocycles. The van der Waals surface area contributed by atoms with Crippen LogP contribution in [0.15, 0.2) is 97.1 Å². The van der Waals surface area contributed by atoms with Gasteiger partial charge in [-0.15, -0.1) is 22.7 Å². The van der Waals surface area contributed by atoms with Crippen molar-refractivity contribution in [2.45, 2.75) is 67.0 Å². The molecule has 0 aliphatic carbocycles. The maximum absolute atomic E-state index is 6.28. The molecule has 0 saturated carbocycles. The minimum Gasteiger partial charge on any atom is -0.344 e. The number of aromatic nitrogens is 2. The van der Waals surface area contributed by atoms with Gasteiger partial charge in [-0.1, -0.05) is 154 Å². The third kappa shape index (κ3) is 12.4. The summed E-state index contributed by atoms with van der Waals surface area (Å²) in [6, 6.07) is 32.5. The van der Waals surface area contributed by atoms with E-state index in [2.05, 4.69) is 99.0 Å². The number of hydrogen-bond acceptors (Lipinski definition) is 7. The van der Waals surface area contributed by atoms with Crippen LogP contribution in [-0.2, 0) is 25.9 Å². The number of benzene rings is 4. The lowest BCUT2D eigenvalue weighted by atomic mass is 10.0. The molecule has 5 nitrogen and oxygen atoms in total. The van der Waals surface area contributed by atoms with Crippen LogP contribution in [0.4, 0.5) is 10.3 Å². The smallest absolute Gasteiger partial charge is 0.186 e. The minimum atomic E-state index is 0.534. The first-order chi connectivity index (χ1) is 26.9. The van der Waals surface area contributed by atoms with Gasteiger partial charge in [-0.05, 0) is 66.5 Å². The molecule has 4 aromatic carbocycles. The first-order valence-corrected chi connectivity index (χ1v) is 22.3. The van der Waals surface area contributed by atoms with E-state index in [1.54, 1.807) is 22.7 Å². The topological polar surface area (TPSA) is 58.3 Å². The fourth-order valence-corrected chi connectivity index (χ4v) is 9.46. The van der Waals surface area contributed by atoms with Gasteiger partial charge in [0.25, 0.3) is 0 Å². The standard InChI is InChI=1S/C23H26Cl2N2S.C22H25Cl2N3S/c1-4-12-27(15-17-8-6-5-7-9-17)23-26-22(21(28-23)13-16(2)3)18-10-11-19(24)20(25)14-18;1-15(2)12-20-21(17-8-9-18(23)19(24)13-17)26-22(28-20)27(11-10-25)14-16-6-4-3-5-7-16/h5-11,14,16H,4,12-13,15H2,1-3H3;3-9,13,15H,10-12,14,25H2,1-2H3. The predicted molar refractivity (Wildman–Crippen MR) is 247 cm³/mol. The normalized spacial score (nSPS) is 11.2. The summed E-state index contributed by atoms with van der Waals surface area (Å²) < 4.78 is 0. The lowest BCUT2D eigenvalue weighted by molar-refractivity contribution is 0.654. The number of anilines is 2. The van der Waals surface area contributed by atoms with Crippen LogP contribution in [0.5, 0.6) is 0 Å². The van der Waals surface area contributed by atoms with Crippen LogP contribution in [0, 0.1) is 11.8 Å². The summed E-state index contributed by atoms with van der Waals surface area (Å²) in [4.78, 5) is 17.3. The summed E-state index contributed by atoms with van der Waals surface area (Å²) in [7, 11) is 0. The van der Waals surface area contributed by atoms with E-state index in [-0.39, 0.29) is 0 Å². The summed E-state index contributed by atoms with van der Waals surface area (Å²) in [6.45, 7) is 15.1. The van der Waals surface area contributed by atoms with Crippen molar-refractivity contribution in [1.82, 2.24) is 9.97 Å². The van der Waals surface area contributed by atoms with Crippen LogP contribution in [0.1, 0.15) is 61.9 Å². The van der Waals surface area contributed by atoms with Crippen molar-refractivity contribution in [1.29, 1.82) is 0 Å². The highest BCUT2D eigenvalue weighted by Crippen LogP contribution is 2.39. The molecule has 6 rings (SSSR count). The van der Waals surface area contributed by atoms with E-state index in [0.717, 1.165) is 78.2 Å². The molecule has 2 aromatic heterocycles. The minimum absolute atomic E-state index is 0.534. The predicted octanol–water partition coefficient (Wildman–Crippen LogP) is 14.0. The van der Waals surface area contributed by atoms with Gasteiger partial charge >= 0.3 is 0 Å². The fourth-order valence-electron chi connectivity index (χ4n) is 6.22. The van der Waals surface area contributed by atoms with Gasteiger partial charge in [-0.2, -0.15) is 0 Å². The number of halogens is 4. The molecule has 11 heteroatoms. The van der Waals surface area contributed by atoms with Gasteiger partial charge in [-0.25, -0.2) is 9.97 Å². The third-order valence-corrected chi connectivity index (χ3v) is 12.6. The molecule has 56 heavy (non-hydrogen) atoms. The van der Waals surface area contributed by atoms with Crippen LogP contribution in [0.3, 0.4) is 0 Å². The number of nitrogens with zero attached hydrogens (tertiary/aromatic N) is 4. The fraction of sp³-hybridized carbons (Fsp3) is 0.333. The number of thiazole rings is 2. The van der Waals surface area contributed by atoms with Gasteiger partial charge < -0.3 is 15.5 Å². The lowest BCUT2D eigenvalue weighted by Gasteiger charge is -2.21. The van der Waals surface area contributed by atoms with Crippen LogP contribution < -0.4 is 15.5 Å². The molecular weight excluding hydrogens is 816 g/mol. The summed E-state index contributed by atoms with van der Waals surface area (Å²) in [5.74, 6) is 1.09. The average molecular weight is 868 g/mol. The molecule has 0 amide bonds. The Morgan fingerprint density at radius 2 is 0.982 bits per heavy atom. The van der Waals surface area contributed by atoms with E-state index in [9.17, 15) is 0 Å². The highest BCUT2D eigenvalue weighted by Gasteiger charge is 2.21. The monoisotopic (exact) mass is 865 g/mol. The molecule has 0 spiro atoms. The number of hydrogen-bond donors (Lipinski definition) is 1. The molecule has 0 aliphatic heterocycles. The highest BCUT2D eigenvalue weighted by molar-refractivity contribution is 7.16. The Kier molecular flexibility index (Phi) is 16.9. The number of nitrogens with two attached hydrogens (primary N) is 1. The van der Waals surface area contributed by atoms with Crippen LogP contribution in [0.25, 0.3) is 22.5 Å². The Hall–Kier alpha value is -3.14. The van der Waals surface area contributed by atoms with Crippen LogP contribution in [0.2, 0.25) is 20.1 Å². The van der Waals surface area contributed by atoms with E-state index >= 15 is 0 Å². The molecule has 0 radical (unpaired) electrons. The second kappa shape index (κ2) is 21.6. The zero-order chi connectivity index (χ0) is 40.2. The van der Waals surface area contributed by atoms with Gasteiger partial charge in [0.2, 0.25) is 0 Å². The van der Waals surface area contributed by atoms with Crippen molar-refractivity contribution in [3.05, 3.63) is 138 Å². The maximum Gasteiger partial charge on any atom is 0.186 e. The Morgan fingerprint density at radius 1 is 0.571 bits per heavy atom. The SMILES string of the molecule is CC(C)Cc1sc(N(CCN)Cc2ccccc2)nc1-c1ccc(Cl)c(Cl)c1.CCCN(Cc1ccccc1)c1nc(-c2ccc(Cl)c(Cl)c2)c(CC(C)C)s1. The van der Waals surface area contributed by atoms with Crippen LogP contribution in [-0.4, -0.2) is 29.6 Å². The summed E-state index contributed by atoms with van der Waals surface area (Å²) in [5, 5.41) is 4.31. The third-order valence-electron chi connectivity index (χ3n) is 8.81. The first kappa shape index (κ1) is 44.0. The Balaban J connectivity index is 0.000000214. The molecule has 6 aromatic rings. The number of rotatable bonds is 16. The zero-order valence-electron chi connectivity index (χ0n) is 32.7. The molecule has 0 bridgehead atoms. The van der Waals surface area contributed by atoms with E-state index in [1.165, 1.54) is 20.9 Å². The van der Waals surface area contributed by atoms with Gasteiger partial charge in [0, 0.05) is 53.6 Å². The molecule has 0 fully saturated rings. The summed E-state index contributed by atoms with van der Waals surface area (Å²) in [6.07, 6.45) is 3.04. The molecule has 0 aliphatic rings. The quantitative estimate of drug-likeness (QED) is 0.105. The molecule has 0 saturated heterocycles. The lowest BCUT2D eigenvalue weighted by Crippen LogP contribution is -2.28. The van der Waals surface area contributed by atoms with Crippen molar-refractivity contribution in [2.24, 2.45) is 17.6 Å². The van der Waals surface area contributed by atoms with Crippen molar-refractivity contribution < 1.29 is 0 Å². The van der Waals surface area contributed by atoms with Gasteiger partial charge in [0.05, 0.1) is 31.5 Å². The van der Waals surface area contributed by atoms with E-state index in [1.807, 2.05) is 42.5 Å². The average Bonchev–Trinajstić information content (AvgIpc) is 3.78. The van der Waals surface area contributed by atoms with E-state index < -0.39 is 0 Å². The summed E-state index contributed by atoms with van der Waals surface area (Å²) >= 11 is 28.3. The second-order valence-electron chi connectivity index (χ2n) is 14.6. The van der Waals surface area contributed by atoms with Crippen molar-refractivity contribution in [3.8, 4) is 22.5 Å². The van der Waals surface area contributed by atoms with Gasteiger partial charge in [0.15, 0.2) is 10.3 Å². The van der Waals surface area contributed by atoms with Gasteiger partial charge in [0.1, 0.15) is 0 Å². The van der Waals surface area contributed by atoms with Gasteiger partial charge in [-0.3, -0.25) is 0 Å². The van der Waals surface area contributed by atoms with Crippen molar-refractivity contribution >= 4 is 79.3 Å². The van der Waals surface area contributed by atoms with Crippen molar-refractivity contribution in [3.63, 3.8) is 0 Å². The Labute approximate surface area is 361 Å². The largest absolute Gasteiger partial charge is 0.344 e. The highest BCUT2D eigenvalue weighted by atomic mass is 35.5. The Bertz CT molecular complexity index is 1970. The van der Waals surface area contributed by atoms with Crippen LogP contribution >= 0.6 is 69.1 Å². The summed E-state index contributed by atoms with van der Waals surface area (Å²) in [5.41, 5.74) is 12.5. The second-order valence-corrected chi connectivity index (χ2v) is 18.3. The molecule has 296 valence electrons.